The van der Waals surface area contributed by atoms with E-state index in [4.69, 9.17) is 54.4 Å². The monoisotopic (exact) mass is 670 g/mol. The number of thiocarbonyl (C=S) groups is 1. The maximum absolute atomic E-state index is 12.8. The molecule has 0 aromatic heterocycles. The van der Waals surface area contributed by atoms with E-state index in [1.807, 2.05) is 13.0 Å². The third-order valence-corrected chi connectivity index (χ3v) is 7.36. The first-order valence-corrected chi connectivity index (χ1v) is 15.2. The number of allylic oxidation sites excluding steroid dienone is 1. The van der Waals surface area contributed by atoms with Gasteiger partial charge in [-0.1, -0.05) is 47.5 Å². The summed E-state index contributed by atoms with van der Waals surface area (Å²) in [5.41, 5.74) is 5.54. The summed E-state index contributed by atoms with van der Waals surface area (Å²) in [6.07, 6.45) is 1.48. The van der Waals surface area contributed by atoms with Crippen LogP contribution in [0, 0.1) is 0 Å². The van der Waals surface area contributed by atoms with Crippen molar-refractivity contribution in [2.24, 2.45) is 5.10 Å². The Kier molecular flexibility index (Phi) is 12.0. The van der Waals surface area contributed by atoms with Gasteiger partial charge in [0.1, 0.15) is 12.4 Å². The SMILES string of the molecule is CCOC(=O)C1=C(C)NC(=S)N[C@@H]1c1ccccc1OCC(=O)NN=Cc1ccc(OCc2ccc(Cl)c(Cl)c2)c(OCC)c1. The average Bonchev–Trinajstić information content (AvgIpc) is 3.01. The van der Waals surface area contributed by atoms with Crippen molar-refractivity contribution in [2.75, 3.05) is 19.8 Å². The first kappa shape index (κ1) is 33.6. The number of benzene rings is 3. The van der Waals surface area contributed by atoms with Crippen LogP contribution in [-0.2, 0) is 20.9 Å². The summed E-state index contributed by atoms with van der Waals surface area (Å²) in [5, 5.41) is 11.4. The van der Waals surface area contributed by atoms with Crippen LogP contribution in [0.4, 0.5) is 0 Å². The van der Waals surface area contributed by atoms with Gasteiger partial charge in [0, 0.05) is 11.3 Å². The molecule has 10 nitrogen and oxygen atoms in total. The van der Waals surface area contributed by atoms with Crippen LogP contribution in [0.1, 0.15) is 43.5 Å². The second kappa shape index (κ2) is 16.1. The highest BCUT2D eigenvalue weighted by atomic mass is 35.5. The molecule has 1 atom stereocenters. The minimum absolute atomic E-state index is 0.219. The van der Waals surface area contributed by atoms with Crippen molar-refractivity contribution in [3.05, 3.63) is 98.7 Å². The summed E-state index contributed by atoms with van der Waals surface area (Å²) in [7, 11) is 0. The molecule has 1 aliphatic heterocycles. The van der Waals surface area contributed by atoms with E-state index < -0.39 is 17.9 Å². The first-order valence-electron chi connectivity index (χ1n) is 14.0. The number of esters is 1. The van der Waals surface area contributed by atoms with Gasteiger partial charge < -0.3 is 29.6 Å². The second-order valence-corrected chi connectivity index (χ2v) is 10.8. The number of hydrazone groups is 1. The number of carbonyl (C=O) groups excluding carboxylic acids is 2. The molecule has 1 aliphatic rings. The lowest BCUT2D eigenvalue weighted by molar-refractivity contribution is -0.139. The summed E-state index contributed by atoms with van der Waals surface area (Å²) in [6.45, 7) is 5.93. The lowest BCUT2D eigenvalue weighted by atomic mass is 9.95. The van der Waals surface area contributed by atoms with Gasteiger partial charge >= 0.3 is 5.97 Å². The van der Waals surface area contributed by atoms with Crippen molar-refractivity contribution in [3.63, 3.8) is 0 Å². The van der Waals surface area contributed by atoms with E-state index in [9.17, 15) is 9.59 Å². The van der Waals surface area contributed by atoms with Crippen LogP contribution in [0.25, 0.3) is 0 Å². The Balaban J connectivity index is 1.38. The van der Waals surface area contributed by atoms with Gasteiger partial charge in [0.15, 0.2) is 23.2 Å². The molecule has 3 aromatic rings. The molecule has 13 heteroatoms. The fourth-order valence-corrected chi connectivity index (χ4v) is 4.99. The van der Waals surface area contributed by atoms with Crippen LogP contribution in [0.2, 0.25) is 10.0 Å². The number of ether oxygens (including phenoxy) is 4. The minimum Gasteiger partial charge on any atom is -0.490 e. The molecular weight excluding hydrogens is 639 g/mol. The lowest BCUT2D eigenvalue weighted by Crippen LogP contribution is -2.45. The summed E-state index contributed by atoms with van der Waals surface area (Å²) in [5.74, 6) is 0.481. The van der Waals surface area contributed by atoms with Crippen molar-refractivity contribution in [1.82, 2.24) is 16.1 Å². The topological polar surface area (TPSA) is 120 Å². The fraction of sp³-hybridized carbons (Fsp3) is 0.250. The van der Waals surface area contributed by atoms with E-state index in [0.29, 0.717) is 61.4 Å². The standard InChI is InChI=1S/C32H32Cl2N4O6S/c1-4-41-27-15-20(11-13-26(27)43-17-21-10-12-23(33)24(34)14-21)16-35-38-28(39)18-44-25-9-7-6-8-22(25)30-29(31(40)42-5-2)19(3)36-32(45)37-30/h6-16,30H,4-5,17-18H2,1-3H3,(H,38,39)(H2,36,37,45)/t30-/m1/s1. The number of nitrogens with one attached hydrogen (secondary N) is 3. The molecule has 45 heavy (non-hydrogen) atoms. The van der Waals surface area contributed by atoms with E-state index in [-0.39, 0.29) is 19.8 Å². The molecule has 0 saturated heterocycles. The Hall–Kier alpha value is -4.32. The van der Waals surface area contributed by atoms with Gasteiger partial charge in [-0.05, 0) is 80.5 Å². The third kappa shape index (κ3) is 9.10. The van der Waals surface area contributed by atoms with Gasteiger partial charge in [0.25, 0.3) is 5.91 Å². The van der Waals surface area contributed by atoms with Crippen LogP contribution in [0.15, 0.2) is 77.0 Å². The Morgan fingerprint density at radius 2 is 1.76 bits per heavy atom. The largest absolute Gasteiger partial charge is 0.490 e. The number of nitrogens with zero attached hydrogens (tertiary/aromatic N) is 1. The third-order valence-electron chi connectivity index (χ3n) is 6.40. The molecule has 3 N–H and O–H groups in total. The van der Waals surface area contributed by atoms with Gasteiger partial charge in [0.2, 0.25) is 0 Å². The zero-order valence-electron chi connectivity index (χ0n) is 24.8. The van der Waals surface area contributed by atoms with Crippen LogP contribution >= 0.6 is 35.4 Å². The summed E-state index contributed by atoms with van der Waals surface area (Å²) in [6, 6.07) is 17.0. The number of para-hydroxylation sites is 1. The average molecular weight is 672 g/mol. The van der Waals surface area contributed by atoms with Crippen molar-refractivity contribution in [1.29, 1.82) is 0 Å². The van der Waals surface area contributed by atoms with E-state index in [1.165, 1.54) is 6.21 Å². The van der Waals surface area contributed by atoms with Gasteiger partial charge in [-0.2, -0.15) is 5.10 Å². The predicted molar refractivity (Wildman–Crippen MR) is 177 cm³/mol. The van der Waals surface area contributed by atoms with Gasteiger partial charge in [0.05, 0.1) is 41.1 Å². The summed E-state index contributed by atoms with van der Waals surface area (Å²) >= 11 is 17.4. The lowest BCUT2D eigenvalue weighted by Gasteiger charge is -2.30. The number of carbonyl (C=O) groups is 2. The van der Waals surface area contributed by atoms with Crippen molar-refractivity contribution < 1.29 is 28.5 Å². The molecule has 0 fully saturated rings. The second-order valence-electron chi connectivity index (χ2n) is 9.59. The van der Waals surface area contributed by atoms with E-state index >= 15 is 0 Å². The van der Waals surface area contributed by atoms with Crippen LogP contribution in [0.5, 0.6) is 17.2 Å². The van der Waals surface area contributed by atoms with Crippen LogP contribution in [-0.4, -0.2) is 43.0 Å². The van der Waals surface area contributed by atoms with Gasteiger partial charge in [-0.15, -0.1) is 0 Å². The smallest absolute Gasteiger partial charge is 0.338 e. The molecule has 0 spiro atoms. The molecule has 1 amide bonds. The van der Waals surface area contributed by atoms with E-state index in [1.54, 1.807) is 68.4 Å². The van der Waals surface area contributed by atoms with E-state index in [2.05, 4.69) is 21.2 Å². The molecular formula is C32H32Cl2N4O6S. The highest BCUT2D eigenvalue weighted by molar-refractivity contribution is 7.80. The van der Waals surface area contributed by atoms with Gasteiger partial charge in [-0.25, -0.2) is 10.2 Å². The van der Waals surface area contributed by atoms with Crippen LogP contribution in [0.3, 0.4) is 0 Å². The molecule has 4 rings (SSSR count). The quantitative estimate of drug-likeness (QED) is 0.0890. The zero-order chi connectivity index (χ0) is 32.3. The normalized spacial score (nSPS) is 14.4. The summed E-state index contributed by atoms with van der Waals surface area (Å²) in [4.78, 5) is 25.4. The molecule has 0 radical (unpaired) electrons. The number of hydrogen-bond acceptors (Lipinski definition) is 8. The predicted octanol–water partition coefficient (Wildman–Crippen LogP) is 5.86. The molecule has 0 unspecified atom stereocenters. The Morgan fingerprint density at radius 1 is 0.956 bits per heavy atom. The van der Waals surface area contributed by atoms with Crippen LogP contribution < -0.4 is 30.3 Å². The van der Waals surface area contributed by atoms with Crippen molar-refractivity contribution in [3.8, 4) is 17.2 Å². The molecule has 1 heterocycles. The number of amides is 1. The highest BCUT2D eigenvalue weighted by Crippen LogP contribution is 2.34. The Labute approximate surface area is 276 Å². The van der Waals surface area contributed by atoms with Crippen molar-refractivity contribution >= 4 is 58.6 Å². The zero-order valence-corrected chi connectivity index (χ0v) is 27.1. The Morgan fingerprint density at radius 3 is 2.51 bits per heavy atom. The molecule has 236 valence electrons. The molecule has 0 aliphatic carbocycles. The first-order chi connectivity index (χ1) is 21.7. The maximum Gasteiger partial charge on any atom is 0.338 e. The summed E-state index contributed by atoms with van der Waals surface area (Å²) < 4.78 is 22.8. The fourth-order valence-electron chi connectivity index (χ4n) is 4.39. The number of halogens is 2. The molecule has 0 saturated carbocycles. The molecule has 0 bridgehead atoms. The number of hydrogen-bond donors (Lipinski definition) is 3. The molecule has 3 aromatic carbocycles. The van der Waals surface area contributed by atoms with E-state index in [0.717, 1.165) is 5.56 Å². The maximum atomic E-state index is 12.8. The Bertz CT molecular complexity index is 1630. The van der Waals surface area contributed by atoms with Gasteiger partial charge in [-0.3, -0.25) is 4.79 Å². The van der Waals surface area contributed by atoms with Crippen molar-refractivity contribution in [2.45, 2.75) is 33.4 Å². The minimum atomic E-state index is -0.634. The number of rotatable bonds is 13. The highest BCUT2D eigenvalue weighted by Gasteiger charge is 2.32.